The van der Waals surface area contributed by atoms with Gasteiger partial charge >= 0.3 is 0 Å². The first-order valence-electron chi connectivity index (χ1n) is 6.40. The van der Waals surface area contributed by atoms with E-state index in [-0.39, 0.29) is 12.0 Å². The zero-order valence-corrected chi connectivity index (χ0v) is 10.6. The predicted octanol–water partition coefficient (Wildman–Crippen LogP) is 2.56. The highest BCUT2D eigenvalue weighted by Crippen LogP contribution is 2.21. The molecule has 2 atom stereocenters. The van der Waals surface area contributed by atoms with Crippen LogP contribution in [0, 0.1) is 17.6 Å². The molecule has 0 spiro atoms. The van der Waals surface area contributed by atoms with E-state index in [4.69, 9.17) is 0 Å². The van der Waals surface area contributed by atoms with E-state index in [2.05, 4.69) is 4.90 Å². The Bertz CT molecular complexity index is 409. The number of aliphatic hydroxyl groups is 1. The molecule has 100 valence electrons. The van der Waals surface area contributed by atoms with Crippen LogP contribution in [0.2, 0.25) is 0 Å². The maximum absolute atomic E-state index is 13.1. The highest BCUT2D eigenvalue weighted by atomic mass is 19.2. The predicted molar refractivity (Wildman–Crippen MR) is 66.0 cm³/mol. The molecule has 4 heteroatoms. The van der Waals surface area contributed by atoms with E-state index in [1.807, 2.05) is 6.92 Å². The van der Waals surface area contributed by atoms with Gasteiger partial charge in [-0.2, -0.15) is 0 Å². The van der Waals surface area contributed by atoms with Crippen LogP contribution in [0.3, 0.4) is 0 Å². The molecule has 0 amide bonds. The highest BCUT2D eigenvalue weighted by Gasteiger charge is 2.23. The van der Waals surface area contributed by atoms with E-state index in [9.17, 15) is 13.9 Å². The van der Waals surface area contributed by atoms with Gasteiger partial charge in [0.25, 0.3) is 0 Å². The van der Waals surface area contributed by atoms with Crippen molar-refractivity contribution in [3.63, 3.8) is 0 Å². The maximum Gasteiger partial charge on any atom is 0.159 e. The number of hydrogen-bond acceptors (Lipinski definition) is 2. The summed E-state index contributed by atoms with van der Waals surface area (Å²) in [6, 6.07) is 4.03. The summed E-state index contributed by atoms with van der Waals surface area (Å²) in [6.07, 6.45) is 1.77. The molecule has 0 bridgehead atoms. The summed E-state index contributed by atoms with van der Waals surface area (Å²) in [6.45, 7) is 4.19. The van der Waals surface area contributed by atoms with Crippen molar-refractivity contribution in [3.05, 3.63) is 35.4 Å². The fourth-order valence-corrected chi connectivity index (χ4v) is 2.52. The van der Waals surface area contributed by atoms with Gasteiger partial charge < -0.3 is 5.11 Å². The molecule has 1 aromatic rings. The van der Waals surface area contributed by atoms with Crippen molar-refractivity contribution >= 4 is 0 Å². The summed E-state index contributed by atoms with van der Waals surface area (Å²) in [5.41, 5.74) is 0.778. The van der Waals surface area contributed by atoms with Crippen molar-refractivity contribution < 1.29 is 13.9 Å². The largest absolute Gasteiger partial charge is 0.393 e. The van der Waals surface area contributed by atoms with Gasteiger partial charge in [-0.05, 0) is 49.9 Å². The molecule has 0 radical (unpaired) electrons. The minimum Gasteiger partial charge on any atom is -0.393 e. The molecule has 1 saturated heterocycles. The molecule has 2 unspecified atom stereocenters. The summed E-state index contributed by atoms with van der Waals surface area (Å²) in [5, 5.41) is 9.61. The van der Waals surface area contributed by atoms with Crippen LogP contribution in [0.1, 0.15) is 25.3 Å². The summed E-state index contributed by atoms with van der Waals surface area (Å²) < 4.78 is 25.9. The fourth-order valence-electron chi connectivity index (χ4n) is 2.52. The maximum atomic E-state index is 13.1. The first-order chi connectivity index (χ1) is 8.56. The minimum absolute atomic E-state index is 0.282. The third-order valence-electron chi connectivity index (χ3n) is 3.61. The van der Waals surface area contributed by atoms with Crippen molar-refractivity contribution in [2.45, 2.75) is 32.4 Å². The topological polar surface area (TPSA) is 23.5 Å². The van der Waals surface area contributed by atoms with Gasteiger partial charge in [0.1, 0.15) is 0 Å². The molecular formula is C14H19F2NO. The Hall–Kier alpha value is -1.00. The van der Waals surface area contributed by atoms with Crippen LogP contribution >= 0.6 is 0 Å². The molecule has 0 aliphatic carbocycles. The molecule has 1 heterocycles. The molecule has 1 aliphatic rings. The lowest BCUT2D eigenvalue weighted by atomic mass is 9.93. The second-order valence-electron chi connectivity index (χ2n) is 5.13. The van der Waals surface area contributed by atoms with E-state index in [0.29, 0.717) is 6.54 Å². The standard InChI is InChI=1S/C14H19F2NO/c1-10(18)12-3-2-6-17(9-12)8-11-4-5-13(15)14(16)7-11/h4-5,7,10,12,18H,2-3,6,8-9H2,1H3. The summed E-state index contributed by atoms with van der Waals surface area (Å²) in [7, 11) is 0. The Kier molecular flexibility index (Phi) is 4.30. The summed E-state index contributed by atoms with van der Waals surface area (Å²) >= 11 is 0. The van der Waals surface area contributed by atoms with Crippen molar-refractivity contribution in [1.82, 2.24) is 4.90 Å². The molecular weight excluding hydrogens is 236 g/mol. The average molecular weight is 255 g/mol. The van der Waals surface area contributed by atoms with Crippen LogP contribution in [0.25, 0.3) is 0 Å². The molecule has 0 aromatic heterocycles. The first-order valence-corrected chi connectivity index (χ1v) is 6.40. The minimum atomic E-state index is -0.806. The number of halogens is 2. The molecule has 1 aliphatic heterocycles. The van der Waals surface area contributed by atoms with Crippen molar-refractivity contribution in [2.75, 3.05) is 13.1 Å². The van der Waals surface area contributed by atoms with Gasteiger partial charge in [0.15, 0.2) is 11.6 Å². The smallest absolute Gasteiger partial charge is 0.159 e. The van der Waals surface area contributed by atoms with Gasteiger partial charge in [-0.3, -0.25) is 4.90 Å². The van der Waals surface area contributed by atoms with Crippen molar-refractivity contribution in [3.8, 4) is 0 Å². The second-order valence-corrected chi connectivity index (χ2v) is 5.13. The highest BCUT2D eigenvalue weighted by molar-refractivity contribution is 5.17. The molecule has 2 rings (SSSR count). The monoisotopic (exact) mass is 255 g/mol. The van der Waals surface area contributed by atoms with Gasteiger partial charge in [0, 0.05) is 13.1 Å². The van der Waals surface area contributed by atoms with Gasteiger partial charge in [0.05, 0.1) is 6.10 Å². The van der Waals surface area contributed by atoms with E-state index < -0.39 is 11.6 Å². The van der Waals surface area contributed by atoms with Crippen LogP contribution in [0.5, 0.6) is 0 Å². The first kappa shape index (κ1) is 13.4. The van der Waals surface area contributed by atoms with Crippen molar-refractivity contribution in [1.29, 1.82) is 0 Å². The fraction of sp³-hybridized carbons (Fsp3) is 0.571. The number of benzene rings is 1. The van der Waals surface area contributed by atoms with Crippen LogP contribution in [0.15, 0.2) is 18.2 Å². The van der Waals surface area contributed by atoms with Crippen LogP contribution in [-0.2, 0) is 6.54 Å². The molecule has 1 N–H and O–H groups in total. The number of hydrogen-bond donors (Lipinski definition) is 1. The van der Waals surface area contributed by atoms with E-state index in [1.54, 1.807) is 6.07 Å². The van der Waals surface area contributed by atoms with E-state index in [1.165, 1.54) is 12.1 Å². The lowest BCUT2D eigenvalue weighted by Gasteiger charge is -2.34. The molecule has 18 heavy (non-hydrogen) atoms. The summed E-state index contributed by atoms with van der Waals surface area (Å²) in [5.74, 6) is -1.32. The number of likely N-dealkylation sites (tertiary alicyclic amines) is 1. The lowest BCUT2D eigenvalue weighted by Crippen LogP contribution is -2.39. The number of nitrogens with zero attached hydrogens (tertiary/aromatic N) is 1. The van der Waals surface area contributed by atoms with Crippen LogP contribution in [-0.4, -0.2) is 29.2 Å². The Balaban J connectivity index is 1.98. The van der Waals surface area contributed by atoms with Gasteiger partial charge in [0.2, 0.25) is 0 Å². The third kappa shape index (κ3) is 3.27. The van der Waals surface area contributed by atoms with Crippen molar-refractivity contribution in [2.24, 2.45) is 5.92 Å². The molecule has 2 nitrogen and oxygen atoms in total. The Morgan fingerprint density at radius 3 is 2.83 bits per heavy atom. The molecule has 0 saturated carbocycles. The zero-order valence-electron chi connectivity index (χ0n) is 10.6. The normalized spacial score (nSPS) is 23.0. The number of rotatable bonds is 3. The molecule has 1 fully saturated rings. The van der Waals surface area contributed by atoms with Gasteiger partial charge in [-0.1, -0.05) is 6.07 Å². The lowest BCUT2D eigenvalue weighted by molar-refractivity contribution is 0.0598. The quantitative estimate of drug-likeness (QED) is 0.897. The molecule has 1 aromatic carbocycles. The second kappa shape index (κ2) is 5.76. The Morgan fingerprint density at radius 1 is 1.39 bits per heavy atom. The third-order valence-corrected chi connectivity index (χ3v) is 3.61. The number of piperidine rings is 1. The van der Waals surface area contributed by atoms with E-state index in [0.717, 1.165) is 31.5 Å². The van der Waals surface area contributed by atoms with Crippen LogP contribution < -0.4 is 0 Å². The SMILES string of the molecule is CC(O)C1CCCN(Cc2ccc(F)c(F)c2)C1. The van der Waals surface area contributed by atoms with Crippen LogP contribution in [0.4, 0.5) is 8.78 Å². The summed E-state index contributed by atoms with van der Waals surface area (Å²) in [4.78, 5) is 2.19. The number of aliphatic hydroxyl groups excluding tert-OH is 1. The van der Waals surface area contributed by atoms with Gasteiger partial charge in [-0.25, -0.2) is 8.78 Å². The van der Waals surface area contributed by atoms with E-state index >= 15 is 0 Å². The zero-order chi connectivity index (χ0) is 13.1. The Morgan fingerprint density at radius 2 is 2.17 bits per heavy atom. The van der Waals surface area contributed by atoms with Gasteiger partial charge in [-0.15, -0.1) is 0 Å². The average Bonchev–Trinajstić information content (AvgIpc) is 2.34. The Labute approximate surface area is 106 Å².